The van der Waals surface area contributed by atoms with Crippen LogP contribution in [0.2, 0.25) is 0 Å². The van der Waals surface area contributed by atoms with Crippen molar-refractivity contribution < 1.29 is 9.59 Å². The quantitative estimate of drug-likeness (QED) is 0.514. The number of rotatable bonds is 7. The summed E-state index contributed by atoms with van der Waals surface area (Å²) >= 11 is 3.35. The van der Waals surface area contributed by atoms with Gasteiger partial charge >= 0.3 is 6.03 Å². The highest BCUT2D eigenvalue weighted by molar-refractivity contribution is 7.58. The molecule has 0 spiro atoms. The van der Waals surface area contributed by atoms with Gasteiger partial charge in [0.05, 0.1) is 0 Å². The predicted molar refractivity (Wildman–Crippen MR) is 73.6 cm³/mol. The third-order valence-corrected chi connectivity index (χ3v) is 2.83. The van der Waals surface area contributed by atoms with E-state index >= 15 is 0 Å². The Hall–Kier alpha value is -0.910. The Bertz CT molecular complexity index is 249. The molecule has 0 heterocycles. The van der Waals surface area contributed by atoms with E-state index in [0.29, 0.717) is 26.1 Å². The predicted octanol–water partition coefficient (Wildman–Crippen LogP) is -0.102. The van der Waals surface area contributed by atoms with E-state index in [2.05, 4.69) is 17.9 Å². The van der Waals surface area contributed by atoms with E-state index in [9.17, 15) is 9.59 Å². The summed E-state index contributed by atoms with van der Waals surface area (Å²) in [6.07, 6.45) is 1.40. The molecule has 0 aromatic carbocycles. The Labute approximate surface area is 109 Å². The van der Waals surface area contributed by atoms with Crippen molar-refractivity contribution in [1.82, 2.24) is 15.1 Å². The molecular weight excluding hydrogens is 238 g/mol. The average molecular weight is 262 g/mol. The van der Waals surface area contributed by atoms with E-state index in [4.69, 9.17) is 0 Å². The molecule has 0 aromatic heterocycles. The van der Waals surface area contributed by atoms with E-state index in [0.717, 1.165) is 12.2 Å². The van der Waals surface area contributed by atoms with Gasteiger partial charge in [-0.3, -0.25) is 4.79 Å². The molecule has 1 N–H and O–H groups in total. The maximum absolute atomic E-state index is 11.6. The highest BCUT2D eigenvalue weighted by atomic mass is 32.1. The summed E-state index contributed by atoms with van der Waals surface area (Å²) in [5, 5.41) is 2.80. The number of carbonyl (C=O) groups excluding carboxylic acids is 2. The summed E-state index contributed by atoms with van der Waals surface area (Å²) in [5.74, 6) is 0.968. The molecule has 0 aliphatic rings. The average Bonchev–Trinajstić information content (AvgIpc) is 2.34. The van der Waals surface area contributed by atoms with Crippen molar-refractivity contribution in [2.45, 2.75) is 19.8 Å². The van der Waals surface area contributed by atoms with Crippen LogP contribution in [0.4, 0.5) is 4.79 Å². The zero-order valence-electron chi connectivity index (χ0n) is 11.0. The van der Waals surface area contributed by atoms with Gasteiger partial charge in [-0.05, 0) is 12.6 Å². The normalized spacial score (nSPS) is 9.88. The van der Waals surface area contributed by atoms with Crippen molar-refractivity contribution in [2.24, 2.45) is 0 Å². The fraction of sp³-hybridized carbons (Fsp3) is 0.818. The molecule has 0 fully saturated rings. The van der Waals surface area contributed by atoms with Crippen LogP contribution < -0.4 is 5.32 Å². The van der Waals surface area contributed by atoms with Crippen molar-refractivity contribution in [1.29, 1.82) is 0 Å². The molecule has 0 atom stereocenters. The molecule has 17 heavy (non-hydrogen) atoms. The first-order valence-corrected chi connectivity index (χ1v) is 6.61. The van der Waals surface area contributed by atoms with Gasteiger partial charge in [0, 0.05) is 46.6 Å². The Morgan fingerprint density at radius 1 is 1.18 bits per heavy atom. The van der Waals surface area contributed by atoms with E-state index in [1.165, 1.54) is 0 Å². The number of hydrogen-bond donors (Lipinski definition) is 1. The summed E-state index contributed by atoms with van der Waals surface area (Å²) in [4.78, 5) is 26.1. The number of nitrogens with zero attached hydrogens (tertiary/aromatic N) is 2. The molecule has 3 amide bonds. The van der Waals surface area contributed by atoms with Crippen molar-refractivity contribution in [3.05, 3.63) is 0 Å². The molecule has 0 rings (SSSR count). The summed E-state index contributed by atoms with van der Waals surface area (Å²) in [7, 11) is 3.48. The van der Waals surface area contributed by atoms with E-state index in [1.807, 2.05) is 6.92 Å². The Morgan fingerprint density at radius 3 is 2.29 bits per heavy atom. The lowest BCUT2D eigenvalue weighted by atomic mass is 10.4. The number of likely N-dealkylation sites (N-methyl/N-ethyl adjacent to an activating group) is 2. The van der Waals surface area contributed by atoms with Gasteiger partial charge in [-0.1, -0.05) is 6.92 Å². The molecular formula is C11H24N3O2S+. The van der Waals surface area contributed by atoms with Gasteiger partial charge < -0.3 is 15.1 Å². The van der Waals surface area contributed by atoms with Crippen LogP contribution in [0.5, 0.6) is 0 Å². The second-order valence-electron chi connectivity index (χ2n) is 3.93. The van der Waals surface area contributed by atoms with Crippen LogP contribution in [0.15, 0.2) is 0 Å². The van der Waals surface area contributed by atoms with Gasteiger partial charge in [-0.15, -0.1) is 0 Å². The zero-order valence-corrected chi connectivity index (χ0v) is 12.0. The smallest absolute Gasteiger partial charge is 0.317 e. The number of nitrogens with one attached hydrogen (secondary N) is 1. The highest BCUT2D eigenvalue weighted by Gasteiger charge is 2.10. The first-order valence-electron chi connectivity index (χ1n) is 5.90. The minimum Gasteiger partial charge on any atom is -0.344 e. The number of carbonyl (C=O) groups is 2. The molecule has 5 nitrogen and oxygen atoms in total. The minimum absolute atomic E-state index is 0.0949. The molecule has 0 aliphatic carbocycles. The molecule has 0 saturated heterocycles. The lowest BCUT2D eigenvalue weighted by Gasteiger charge is -2.22. The first kappa shape index (κ1) is 16.1. The van der Waals surface area contributed by atoms with Crippen LogP contribution >= 0.6 is 0 Å². The first-order chi connectivity index (χ1) is 8.02. The van der Waals surface area contributed by atoms with Crippen molar-refractivity contribution in [3.8, 4) is 0 Å². The number of urea groups is 1. The number of amides is 3. The standard InChI is InChI=1S/C11H23N3O2S/c1-4-10(15)13(2)7-8-14(3)11(16)12-6-5-9-17/h17H,4-9H2,1-3H3,(H,12,16)/p+1. The lowest BCUT2D eigenvalue weighted by Crippen LogP contribution is -2.42. The summed E-state index contributed by atoms with van der Waals surface area (Å²) < 4.78 is 0. The molecule has 0 saturated carbocycles. The van der Waals surface area contributed by atoms with Gasteiger partial charge in [-0.2, -0.15) is 0 Å². The minimum atomic E-state index is -0.0949. The summed E-state index contributed by atoms with van der Waals surface area (Å²) in [5.41, 5.74) is 0. The van der Waals surface area contributed by atoms with Crippen LogP contribution in [0, 0.1) is 0 Å². The molecule has 0 bridgehead atoms. The Balaban J connectivity index is 3.80. The van der Waals surface area contributed by atoms with Gasteiger partial charge in [0.25, 0.3) is 0 Å². The van der Waals surface area contributed by atoms with Gasteiger partial charge in [0.2, 0.25) is 5.91 Å². The van der Waals surface area contributed by atoms with Crippen molar-refractivity contribution in [2.75, 3.05) is 39.5 Å². The lowest BCUT2D eigenvalue weighted by molar-refractivity contribution is -0.129. The molecule has 0 aromatic rings. The Morgan fingerprint density at radius 2 is 1.76 bits per heavy atom. The zero-order chi connectivity index (χ0) is 13.3. The maximum atomic E-state index is 11.6. The largest absolute Gasteiger partial charge is 0.344 e. The van der Waals surface area contributed by atoms with Gasteiger partial charge in [0.1, 0.15) is 5.75 Å². The third kappa shape index (κ3) is 7.10. The molecule has 0 aliphatic heterocycles. The summed E-state index contributed by atoms with van der Waals surface area (Å²) in [6.45, 7) is 3.60. The van der Waals surface area contributed by atoms with E-state index in [-0.39, 0.29) is 11.9 Å². The third-order valence-electron chi connectivity index (χ3n) is 2.48. The SMILES string of the molecule is CCC(=O)N(C)CCN(C)C(=O)NCCC[SH2+]. The highest BCUT2D eigenvalue weighted by Crippen LogP contribution is 1.92. The van der Waals surface area contributed by atoms with Crippen LogP contribution in [0.25, 0.3) is 0 Å². The van der Waals surface area contributed by atoms with Crippen LogP contribution in [-0.4, -0.2) is 61.2 Å². The Kier molecular flexibility index (Phi) is 8.66. The molecule has 6 heteroatoms. The van der Waals surface area contributed by atoms with E-state index in [1.54, 1.807) is 23.9 Å². The maximum Gasteiger partial charge on any atom is 0.317 e. The fourth-order valence-corrected chi connectivity index (χ4v) is 1.39. The summed E-state index contributed by atoms with van der Waals surface area (Å²) in [6, 6.07) is -0.0949. The van der Waals surface area contributed by atoms with Crippen LogP contribution in [-0.2, 0) is 17.4 Å². The van der Waals surface area contributed by atoms with Crippen molar-refractivity contribution in [3.63, 3.8) is 0 Å². The van der Waals surface area contributed by atoms with Gasteiger partial charge in [-0.25, -0.2) is 4.79 Å². The topological polar surface area (TPSA) is 52.7 Å². The van der Waals surface area contributed by atoms with E-state index < -0.39 is 0 Å². The molecule has 100 valence electrons. The van der Waals surface area contributed by atoms with Crippen LogP contribution in [0.3, 0.4) is 0 Å². The van der Waals surface area contributed by atoms with Crippen LogP contribution in [0.1, 0.15) is 19.8 Å². The van der Waals surface area contributed by atoms with Gasteiger partial charge in [0.15, 0.2) is 0 Å². The number of hydrogen-bond acceptors (Lipinski definition) is 2. The second kappa shape index (κ2) is 9.15. The monoisotopic (exact) mass is 262 g/mol. The molecule has 0 radical (unpaired) electrons. The molecule has 0 unspecified atom stereocenters. The van der Waals surface area contributed by atoms with Crippen molar-refractivity contribution >= 4 is 24.6 Å². The fourth-order valence-electron chi connectivity index (χ4n) is 1.21. The second-order valence-corrected chi connectivity index (χ2v) is 4.43.